The van der Waals surface area contributed by atoms with Crippen molar-refractivity contribution in [3.8, 4) is 0 Å². The van der Waals surface area contributed by atoms with Crippen molar-refractivity contribution in [1.29, 1.82) is 0 Å². The van der Waals surface area contributed by atoms with Crippen LogP contribution >= 0.6 is 0 Å². The maximum Gasteiger partial charge on any atom is 0.0294 e. The normalized spacial score (nSPS) is 16.7. The monoisotopic (exact) mass is 296 g/mol. The van der Waals surface area contributed by atoms with Gasteiger partial charge >= 0.3 is 0 Å². The van der Waals surface area contributed by atoms with Gasteiger partial charge in [-0.3, -0.25) is 0 Å². The molecule has 2 nitrogen and oxygen atoms in total. The van der Waals surface area contributed by atoms with E-state index in [9.17, 15) is 0 Å². The Hall–Kier alpha value is -1.64. The van der Waals surface area contributed by atoms with Crippen LogP contribution in [-0.2, 0) is 0 Å². The first-order chi connectivity index (χ1) is 10.6. The van der Waals surface area contributed by atoms with Gasteiger partial charge in [-0.05, 0) is 38.8 Å². The van der Waals surface area contributed by atoms with Crippen LogP contribution in [0.15, 0.2) is 60.7 Å². The molecule has 0 saturated heterocycles. The van der Waals surface area contributed by atoms with E-state index in [2.05, 4.69) is 99.0 Å². The highest BCUT2D eigenvalue weighted by Crippen LogP contribution is 2.15. The van der Waals surface area contributed by atoms with E-state index >= 15 is 0 Å². The molecule has 2 aromatic rings. The minimum absolute atomic E-state index is 0.354. The predicted molar refractivity (Wildman–Crippen MR) is 94.9 cm³/mol. The van der Waals surface area contributed by atoms with E-state index in [0.29, 0.717) is 24.2 Å². The molecule has 2 unspecified atom stereocenters. The zero-order chi connectivity index (χ0) is 15.9. The summed E-state index contributed by atoms with van der Waals surface area (Å²) in [5.74, 6) is 0. The van der Waals surface area contributed by atoms with E-state index in [1.54, 1.807) is 0 Å². The fourth-order valence-corrected chi connectivity index (χ4v) is 2.75. The maximum absolute atomic E-state index is 3.69. The van der Waals surface area contributed by atoms with Crippen LogP contribution in [0.2, 0.25) is 0 Å². The van der Waals surface area contributed by atoms with Gasteiger partial charge in [0.2, 0.25) is 0 Å². The van der Waals surface area contributed by atoms with Gasteiger partial charge in [0.1, 0.15) is 0 Å². The Morgan fingerprint density at radius 3 is 1.18 bits per heavy atom. The van der Waals surface area contributed by atoms with Crippen molar-refractivity contribution in [2.45, 2.75) is 51.9 Å². The number of rotatable bonds is 7. The zero-order valence-corrected chi connectivity index (χ0v) is 14.1. The summed E-state index contributed by atoms with van der Waals surface area (Å²) in [6, 6.07) is 22.7. The first-order valence-corrected chi connectivity index (χ1v) is 8.20. The Bertz CT molecular complexity index is 487. The molecule has 22 heavy (non-hydrogen) atoms. The van der Waals surface area contributed by atoms with E-state index in [0.717, 1.165) is 0 Å². The average Bonchev–Trinajstić information content (AvgIpc) is 2.56. The molecule has 0 aromatic heterocycles. The highest BCUT2D eigenvalue weighted by molar-refractivity contribution is 5.19. The quantitative estimate of drug-likeness (QED) is 0.788. The van der Waals surface area contributed by atoms with Crippen LogP contribution in [0.1, 0.15) is 50.9 Å². The van der Waals surface area contributed by atoms with Crippen LogP contribution < -0.4 is 10.6 Å². The molecule has 2 heteroatoms. The molecule has 118 valence electrons. The molecule has 4 atom stereocenters. The van der Waals surface area contributed by atoms with Gasteiger partial charge in [0.15, 0.2) is 0 Å². The van der Waals surface area contributed by atoms with Crippen LogP contribution in [-0.4, -0.2) is 12.1 Å². The van der Waals surface area contributed by atoms with Gasteiger partial charge in [0.25, 0.3) is 0 Å². The van der Waals surface area contributed by atoms with Crippen LogP contribution in [0.25, 0.3) is 0 Å². The SMILES string of the molecule is CC(N[C@H](C)c1ccccc1)C(C)N[C@H](C)c1ccccc1. The third-order valence-electron chi connectivity index (χ3n) is 4.37. The molecule has 0 aliphatic heterocycles. The topological polar surface area (TPSA) is 24.1 Å². The second-order valence-electron chi connectivity index (χ2n) is 6.18. The molecule has 2 aromatic carbocycles. The van der Waals surface area contributed by atoms with Gasteiger partial charge in [-0.2, -0.15) is 0 Å². The summed E-state index contributed by atoms with van der Waals surface area (Å²) < 4.78 is 0. The lowest BCUT2D eigenvalue weighted by Gasteiger charge is -2.29. The van der Waals surface area contributed by atoms with Crippen molar-refractivity contribution < 1.29 is 0 Å². The number of hydrogen-bond acceptors (Lipinski definition) is 2. The maximum atomic E-state index is 3.69. The van der Waals surface area contributed by atoms with E-state index in [1.807, 2.05) is 0 Å². The molecule has 0 saturated carbocycles. The molecular formula is C20H28N2. The predicted octanol–water partition coefficient (Wildman–Crippen LogP) is 4.47. The highest BCUT2D eigenvalue weighted by Gasteiger charge is 2.17. The fraction of sp³-hybridized carbons (Fsp3) is 0.400. The molecule has 2 rings (SSSR count). The molecule has 0 heterocycles. The minimum Gasteiger partial charge on any atom is -0.306 e. The van der Waals surface area contributed by atoms with Crippen LogP contribution in [0.3, 0.4) is 0 Å². The lowest BCUT2D eigenvalue weighted by molar-refractivity contribution is 0.356. The van der Waals surface area contributed by atoms with E-state index in [1.165, 1.54) is 11.1 Å². The second kappa shape index (κ2) is 8.11. The smallest absolute Gasteiger partial charge is 0.0294 e. The molecule has 2 N–H and O–H groups in total. The third-order valence-corrected chi connectivity index (χ3v) is 4.37. The Labute approximate surface area is 135 Å². The molecule has 0 radical (unpaired) electrons. The Morgan fingerprint density at radius 1 is 0.545 bits per heavy atom. The second-order valence-corrected chi connectivity index (χ2v) is 6.18. The number of nitrogens with one attached hydrogen (secondary N) is 2. The molecule has 0 aliphatic carbocycles. The lowest BCUT2D eigenvalue weighted by atomic mass is 10.0. The van der Waals surface area contributed by atoms with Gasteiger partial charge in [-0.25, -0.2) is 0 Å². The van der Waals surface area contributed by atoms with Crippen molar-refractivity contribution in [2.75, 3.05) is 0 Å². The highest BCUT2D eigenvalue weighted by atomic mass is 15.0. The molecule has 0 aliphatic rings. The van der Waals surface area contributed by atoms with Crippen LogP contribution in [0.5, 0.6) is 0 Å². The van der Waals surface area contributed by atoms with Crippen molar-refractivity contribution in [3.05, 3.63) is 71.8 Å². The first kappa shape index (κ1) is 16.7. The molecule has 0 bridgehead atoms. The Morgan fingerprint density at radius 2 is 0.864 bits per heavy atom. The molecular weight excluding hydrogens is 268 g/mol. The van der Waals surface area contributed by atoms with Gasteiger partial charge < -0.3 is 10.6 Å². The Balaban J connectivity index is 1.88. The molecule has 0 amide bonds. The zero-order valence-electron chi connectivity index (χ0n) is 14.1. The van der Waals surface area contributed by atoms with E-state index < -0.39 is 0 Å². The van der Waals surface area contributed by atoms with Gasteiger partial charge in [0.05, 0.1) is 0 Å². The van der Waals surface area contributed by atoms with Crippen molar-refractivity contribution in [2.24, 2.45) is 0 Å². The molecule has 0 fully saturated rings. The Kier molecular flexibility index (Phi) is 6.17. The summed E-state index contributed by atoms with van der Waals surface area (Å²) in [5.41, 5.74) is 2.66. The summed E-state index contributed by atoms with van der Waals surface area (Å²) in [5, 5.41) is 7.38. The van der Waals surface area contributed by atoms with Gasteiger partial charge in [-0.1, -0.05) is 60.7 Å². The molecule has 0 spiro atoms. The van der Waals surface area contributed by atoms with Crippen LogP contribution in [0, 0.1) is 0 Å². The first-order valence-electron chi connectivity index (χ1n) is 8.20. The third kappa shape index (κ3) is 4.69. The van der Waals surface area contributed by atoms with Crippen molar-refractivity contribution in [1.82, 2.24) is 10.6 Å². The summed E-state index contributed by atoms with van der Waals surface area (Å²) in [6.45, 7) is 8.93. The lowest BCUT2D eigenvalue weighted by Crippen LogP contribution is -2.45. The van der Waals surface area contributed by atoms with E-state index in [4.69, 9.17) is 0 Å². The average molecular weight is 296 g/mol. The number of benzene rings is 2. The van der Waals surface area contributed by atoms with Gasteiger partial charge in [-0.15, -0.1) is 0 Å². The summed E-state index contributed by atoms with van der Waals surface area (Å²) in [6.07, 6.45) is 0. The summed E-state index contributed by atoms with van der Waals surface area (Å²) in [4.78, 5) is 0. The van der Waals surface area contributed by atoms with Crippen molar-refractivity contribution in [3.63, 3.8) is 0 Å². The summed E-state index contributed by atoms with van der Waals surface area (Å²) in [7, 11) is 0. The summed E-state index contributed by atoms with van der Waals surface area (Å²) >= 11 is 0. The minimum atomic E-state index is 0.354. The van der Waals surface area contributed by atoms with E-state index in [-0.39, 0.29) is 0 Å². The van der Waals surface area contributed by atoms with Crippen LogP contribution in [0.4, 0.5) is 0 Å². The largest absolute Gasteiger partial charge is 0.306 e. The fourth-order valence-electron chi connectivity index (χ4n) is 2.75. The van der Waals surface area contributed by atoms with Gasteiger partial charge in [0, 0.05) is 24.2 Å². The van der Waals surface area contributed by atoms with Crippen molar-refractivity contribution >= 4 is 0 Å². The number of hydrogen-bond donors (Lipinski definition) is 2. The standard InChI is InChI=1S/C20H28N2/c1-15(21-17(3)19-11-7-5-8-12-19)16(2)22-18(4)20-13-9-6-10-14-20/h5-18,21-22H,1-4H3/t15?,16?,17-,18-/m1/s1.